The molecule has 0 saturated heterocycles. The first-order valence-corrected chi connectivity index (χ1v) is 15.6. The third kappa shape index (κ3) is 4.52. The molecule has 6 heteroatoms. The zero-order valence-electron chi connectivity index (χ0n) is 25.5. The highest BCUT2D eigenvalue weighted by molar-refractivity contribution is 6.16. The number of nitrogens with zero attached hydrogens (tertiary/aromatic N) is 3. The maximum Gasteiger partial charge on any atom is 0.167 e. The Morgan fingerprint density at radius 1 is 0.511 bits per heavy atom. The van der Waals surface area contributed by atoms with E-state index in [0.717, 1.165) is 72.2 Å². The molecule has 0 bridgehead atoms. The molecule has 1 aliphatic heterocycles. The average molecular weight is 603 g/mol. The van der Waals surface area contributed by atoms with E-state index in [-0.39, 0.29) is 0 Å². The van der Waals surface area contributed by atoms with Gasteiger partial charge in [0.1, 0.15) is 24.8 Å². The highest BCUT2D eigenvalue weighted by atomic mass is 16.5. The Hall–Kier alpha value is -6.01. The maximum atomic E-state index is 6.68. The van der Waals surface area contributed by atoms with Crippen LogP contribution < -0.4 is 4.74 Å². The zero-order chi connectivity index (χ0) is 31.5. The first kappa shape index (κ1) is 27.3. The van der Waals surface area contributed by atoms with Crippen LogP contribution in [0.25, 0.3) is 78.4 Å². The lowest BCUT2D eigenvalue weighted by Crippen LogP contribution is -2.33. The van der Waals surface area contributed by atoms with Gasteiger partial charge < -0.3 is 9.15 Å². The predicted molar refractivity (Wildman–Crippen MR) is 188 cm³/mol. The second kappa shape index (κ2) is 10.5. The van der Waals surface area contributed by atoms with Crippen molar-refractivity contribution in [3.63, 3.8) is 0 Å². The average Bonchev–Trinajstić information content (AvgIpc) is 3.51. The molecule has 1 atom stereocenters. The molecule has 3 heterocycles. The predicted octanol–water partition coefficient (Wildman–Crippen LogP) is 9.84. The largest absolute Gasteiger partial charge is 0.492 e. The first-order chi connectivity index (χ1) is 23.0. The summed E-state index contributed by atoms with van der Waals surface area (Å²) in [6, 6.07) is 46.8. The normalized spacial score (nSPS) is 15.3. The molecule has 2 radical (unpaired) electrons. The molecule has 1 unspecified atom stereocenters. The summed E-state index contributed by atoms with van der Waals surface area (Å²) in [7, 11) is 6.68. The summed E-state index contributed by atoms with van der Waals surface area (Å²) in [5.41, 5.74) is 8.44. The van der Waals surface area contributed by atoms with Crippen LogP contribution in [-0.4, -0.2) is 22.8 Å². The lowest BCUT2D eigenvalue weighted by molar-refractivity contribution is 0.175. The van der Waals surface area contributed by atoms with Gasteiger partial charge in [-0.05, 0) is 47.4 Å². The summed E-state index contributed by atoms with van der Waals surface area (Å²) in [5.74, 6) is 2.51. The van der Waals surface area contributed by atoms with E-state index in [4.69, 9.17) is 32.0 Å². The van der Waals surface area contributed by atoms with E-state index in [1.54, 1.807) is 0 Å². The first-order valence-electron chi connectivity index (χ1n) is 15.6. The van der Waals surface area contributed by atoms with E-state index >= 15 is 0 Å². The Morgan fingerprint density at radius 3 is 1.94 bits per heavy atom. The molecule has 0 fully saturated rings. The molecule has 8 aromatic rings. The van der Waals surface area contributed by atoms with E-state index in [9.17, 15) is 0 Å². The number of hydrogen-bond acceptors (Lipinski definition) is 5. The van der Waals surface area contributed by atoms with Crippen molar-refractivity contribution in [1.82, 2.24) is 15.0 Å². The summed E-state index contributed by atoms with van der Waals surface area (Å²) in [6.45, 7) is 1.91. The van der Waals surface area contributed by atoms with Crippen molar-refractivity contribution in [1.29, 1.82) is 0 Å². The third-order valence-electron chi connectivity index (χ3n) is 8.84. The summed E-state index contributed by atoms with van der Waals surface area (Å²) in [5, 5.41) is 2.09. The molecule has 6 aromatic carbocycles. The van der Waals surface area contributed by atoms with Crippen molar-refractivity contribution < 1.29 is 9.15 Å². The topological polar surface area (TPSA) is 61.0 Å². The van der Waals surface area contributed by atoms with Crippen molar-refractivity contribution in [3.05, 3.63) is 145 Å². The zero-order valence-corrected chi connectivity index (χ0v) is 25.5. The van der Waals surface area contributed by atoms with Crippen molar-refractivity contribution in [2.45, 2.75) is 12.4 Å². The molecule has 5 nitrogen and oxygen atoms in total. The summed E-state index contributed by atoms with van der Waals surface area (Å²) in [4.78, 5) is 14.9. The Labute approximate surface area is 273 Å². The van der Waals surface area contributed by atoms with Crippen LogP contribution in [0.4, 0.5) is 0 Å². The van der Waals surface area contributed by atoms with Crippen molar-refractivity contribution in [3.8, 4) is 62.2 Å². The van der Waals surface area contributed by atoms with Crippen LogP contribution in [0.15, 0.2) is 144 Å². The van der Waals surface area contributed by atoms with Crippen LogP contribution in [0.1, 0.15) is 12.5 Å². The summed E-state index contributed by atoms with van der Waals surface area (Å²) >= 11 is 0. The Kier molecular flexibility index (Phi) is 6.12. The Bertz CT molecular complexity index is 2470. The molecule has 220 valence electrons. The number of hydrogen-bond donors (Lipinski definition) is 0. The number of fused-ring (bicyclic) bond motifs is 6. The standard InChI is InChI=1S/C41H26BN3O2/c1-41(42)33-18-10-15-28(36(33)31-14-6-8-20-35(31)47-41)25-21-23-27(24-22-25)39-43-38(26-11-3-2-4-12-26)44-40(45-39)32-17-9-16-30-29-13-5-7-19-34(29)46-37(30)32/h2-24H,1H3. The minimum Gasteiger partial charge on any atom is -0.492 e. The van der Waals surface area contributed by atoms with Gasteiger partial charge in [-0.2, -0.15) is 0 Å². The summed E-state index contributed by atoms with van der Waals surface area (Å²) in [6.07, 6.45) is 0. The SMILES string of the molecule is [B]C1(C)Oc2ccccc2-c2c(-c3ccc(-c4nc(-c5ccccc5)nc(-c5cccc6c5oc5ccccc56)n4)cc3)cccc21. The second-order valence-electron chi connectivity index (χ2n) is 12.0. The monoisotopic (exact) mass is 603 g/mol. The molecular formula is C41H26BN3O2. The smallest absolute Gasteiger partial charge is 0.167 e. The van der Waals surface area contributed by atoms with Gasteiger partial charge >= 0.3 is 0 Å². The van der Waals surface area contributed by atoms with Crippen molar-refractivity contribution in [2.24, 2.45) is 0 Å². The fourth-order valence-corrected chi connectivity index (χ4v) is 6.61. The van der Waals surface area contributed by atoms with Crippen LogP contribution in [0, 0.1) is 0 Å². The number of para-hydroxylation sites is 3. The van der Waals surface area contributed by atoms with Gasteiger partial charge in [-0.1, -0.05) is 121 Å². The van der Waals surface area contributed by atoms with Crippen LogP contribution in [0.3, 0.4) is 0 Å². The van der Waals surface area contributed by atoms with Gasteiger partial charge in [0.15, 0.2) is 17.5 Å². The van der Waals surface area contributed by atoms with Gasteiger partial charge in [0.2, 0.25) is 0 Å². The van der Waals surface area contributed by atoms with Gasteiger partial charge in [-0.3, -0.25) is 0 Å². The molecule has 2 aromatic heterocycles. The second-order valence-corrected chi connectivity index (χ2v) is 12.0. The van der Waals surface area contributed by atoms with Crippen molar-refractivity contribution in [2.75, 3.05) is 0 Å². The van der Waals surface area contributed by atoms with Gasteiger partial charge in [0.05, 0.1) is 11.1 Å². The lowest BCUT2D eigenvalue weighted by atomic mass is 9.71. The minimum absolute atomic E-state index is 0.554. The minimum atomic E-state index is -0.947. The number of ether oxygens (including phenoxy) is 1. The van der Waals surface area contributed by atoms with E-state index in [1.807, 2.05) is 97.9 Å². The molecule has 0 aliphatic carbocycles. The molecule has 0 saturated carbocycles. The number of rotatable bonds is 4. The Balaban J connectivity index is 1.19. The lowest BCUT2D eigenvalue weighted by Gasteiger charge is -2.36. The van der Waals surface area contributed by atoms with Gasteiger partial charge in [0, 0.05) is 27.5 Å². The van der Waals surface area contributed by atoms with E-state index in [2.05, 4.69) is 48.5 Å². The molecule has 9 rings (SSSR count). The molecule has 0 N–H and O–H groups in total. The number of aromatic nitrogens is 3. The molecule has 0 spiro atoms. The highest BCUT2D eigenvalue weighted by Crippen LogP contribution is 2.48. The van der Waals surface area contributed by atoms with E-state index in [1.165, 1.54) is 0 Å². The van der Waals surface area contributed by atoms with Gasteiger partial charge in [-0.15, -0.1) is 0 Å². The van der Waals surface area contributed by atoms with Crippen LogP contribution >= 0.6 is 0 Å². The maximum absolute atomic E-state index is 6.68. The third-order valence-corrected chi connectivity index (χ3v) is 8.84. The molecule has 47 heavy (non-hydrogen) atoms. The number of benzene rings is 6. The quantitative estimate of drug-likeness (QED) is 0.188. The fourth-order valence-electron chi connectivity index (χ4n) is 6.61. The van der Waals surface area contributed by atoms with Crippen LogP contribution in [-0.2, 0) is 5.50 Å². The van der Waals surface area contributed by atoms with E-state index < -0.39 is 5.50 Å². The molecule has 0 amide bonds. The van der Waals surface area contributed by atoms with Crippen LogP contribution in [0.5, 0.6) is 5.75 Å². The van der Waals surface area contributed by atoms with E-state index in [0.29, 0.717) is 17.5 Å². The molecular weight excluding hydrogens is 577 g/mol. The van der Waals surface area contributed by atoms with Crippen LogP contribution in [0.2, 0.25) is 0 Å². The summed E-state index contributed by atoms with van der Waals surface area (Å²) < 4.78 is 12.6. The molecule has 1 aliphatic rings. The fraction of sp³-hybridized carbons (Fsp3) is 0.0488. The van der Waals surface area contributed by atoms with Gasteiger partial charge in [0.25, 0.3) is 0 Å². The highest BCUT2D eigenvalue weighted by Gasteiger charge is 2.33. The van der Waals surface area contributed by atoms with Gasteiger partial charge in [-0.25, -0.2) is 15.0 Å². The number of furan rings is 1. The Morgan fingerprint density at radius 2 is 1.11 bits per heavy atom. The van der Waals surface area contributed by atoms with Crippen molar-refractivity contribution >= 4 is 29.8 Å².